The molecule has 3 rings (SSSR count). The summed E-state index contributed by atoms with van der Waals surface area (Å²) in [6.07, 6.45) is 5.45. The zero-order valence-electron chi connectivity index (χ0n) is 9.95. The van der Waals surface area contributed by atoms with Crippen LogP contribution in [0.1, 0.15) is 31.2 Å². The van der Waals surface area contributed by atoms with Gasteiger partial charge in [-0.1, -0.05) is 11.1 Å². The van der Waals surface area contributed by atoms with Gasteiger partial charge in [0, 0.05) is 13.1 Å². The Hall–Kier alpha value is -1.09. The lowest BCUT2D eigenvalue weighted by Gasteiger charge is -2.28. The van der Waals surface area contributed by atoms with Crippen molar-refractivity contribution in [2.24, 2.45) is 0 Å². The van der Waals surface area contributed by atoms with Crippen LogP contribution in [0.25, 0.3) is 0 Å². The van der Waals surface area contributed by atoms with E-state index in [1.165, 1.54) is 12.8 Å². The van der Waals surface area contributed by atoms with Crippen molar-refractivity contribution in [1.82, 2.24) is 4.90 Å². The second-order valence-electron chi connectivity index (χ2n) is 4.90. The van der Waals surface area contributed by atoms with Gasteiger partial charge in [-0.25, -0.2) is 0 Å². The van der Waals surface area contributed by atoms with Crippen LogP contribution in [0.4, 0.5) is 0 Å². The Morgan fingerprint density at radius 1 is 1.18 bits per heavy atom. The van der Waals surface area contributed by atoms with Crippen LogP contribution in [-0.2, 0) is 11.2 Å². The third-order valence-electron chi connectivity index (χ3n) is 3.66. The maximum absolute atomic E-state index is 12.1. The molecule has 2 nitrogen and oxygen atoms in total. The molecule has 17 heavy (non-hydrogen) atoms. The first-order valence-electron chi connectivity index (χ1n) is 6.31. The average molecular weight is 247 g/mol. The third kappa shape index (κ3) is 2.60. The maximum atomic E-state index is 12.1. The van der Waals surface area contributed by atoms with E-state index in [1.54, 1.807) is 22.5 Å². The maximum Gasteiger partial charge on any atom is 0.227 e. The number of allylic oxidation sites excluding steroid dienone is 1. The molecule has 0 spiro atoms. The number of carbonyl (C=O) groups is 1. The van der Waals surface area contributed by atoms with Gasteiger partial charge in [0.1, 0.15) is 0 Å². The number of rotatable bonds is 2. The largest absolute Gasteiger partial charge is 0.342 e. The molecule has 0 aromatic carbocycles. The number of hydrogen-bond acceptors (Lipinski definition) is 2. The minimum Gasteiger partial charge on any atom is -0.342 e. The molecule has 1 aromatic rings. The Morgan fingerprint density at radius 3 is 2.47 bits per heavy atom. The second-order valence-corrected chi connectivity index (χ2v) is 5.68. The van der Waals surface area contributed by atoms with Gasteiger partial charge in [0.25, 0.3) is 0 Å². The van der Waals surface area contributed by atoms with Gasteiger partial charge in [0.15, 0.2) is 0 Å². The monoisotopic (exact) mass is 247 g/mol. The van der Waals surface area contributed by atoms with Crippen molar-refractivity contribution in [2.45, 2.75) is 32.1 Å². The molecule has 3 heteroatoms. The number of piperidine rings is 1. The summed E-state index contributed by atoms with van der Waals surface area (Å²) < 4.78 is 0. The highest BCUT2D eigenvalue weighted by Crippen LogP contribution is 2.36. The molecule has 90 valence electrons. The van der Waals surface area contributed by atoms with E-state index in [-0.39, 0.29) is 0 Å². The van der Waals surface area contributed by atoms with E-state index < -0.39 is 0 Å². The standard InChI is InChI=1S/C14H17NOS/c16-14(9-11-5-8-17-10-11)15-6-3-13(4-7-15)12-1-2-12/h5,8,10H,1-4,6-7,9H2. The van der Waals surface area contributed by atoms with E-state index in [9.17, 15) is 4.79 Å². The molecule has 2 heterocycles. The number of hydrogen-bond donors (Lipinski definition) is 0. The summed E-state index contributed by atoms with van der Waals surface area (Å²) in [5.41, 5.74) is 4.48. The first-order valence-corrected chi connectivity index (χ1v) is 7.26. The lowest BCUT2D eigenvalue weighted by atomic mass is 10.0. The van der Waals surface area contributed by atoms with Gasteiger partial charge < -0.3 is 4.90 Å². The van der Waals surface area contributed by atoms with Crippen LogP contribution in [0.15, 0.2) is 28.0 Å². The lowest BCUT2D eigenvalue weighted by molar-refractivity contribution is -0.130. The molecular weight excluding hydrogens is 230 g/mol. The topological polar surface area (TPSA) is 20.3 Å². The molecule has 0 unspecified atom stereocenters. The van der Waals surface area contributed by atoms with E-state index in [2.05, 4.69) is 5.38 Å². The van der Waals surface area contributed by atoms with E-state index in [0.29, 0.717) is 12.3 Å². The summed E-state index contributed by atoms with van der Waals surface area (Å²) in [7, 11) is 0. The first-order chi connectivity index (χ1) is 8.33. The molecule has 2 fully saturated rings. The van der Waals surface area contributed by atoms with Crippen molar-refractivity contribution in [3.05, 3.63) is 33.5 Å². The number of thiophene rings is 1. The molecule has 0 atom stereocenters. The fourth-order valence-electron chi connectivity index (χ4n) is 2.48. The minimum absolute atomic E-state index is 0.295. The molecule has 1 aliphatic carbocycles. The van der Waals surface area contributed by atoms with Gasteiger partial charge in [-0.2, -0.15) is 11.3 Å². The van der Waals surface area contributed by atoms with Crippen molar-refractivity contribution in [3.63, 3.8) is 0 Å². The zero-order chi connectivity index (χ0) is 11.7. The average Bonchev–Trinajstić information content (AvgIpc) is 3.09. The highest BCUT2D eigenvalue weighted by molar-refractivity contribution is 7.07. The van der Waals surface area contributed by atoms with E-state index >= 15 is 0 Å². The molecule has 2 aliphatic rings. The quantitative estimate of drug-likeness (QED) is 0.736. The molecule has 1 amide bonds. The molecule has 1 aliphatic heterocycles. The van der Waals surface area contributed by atoms with Crippen LogP contribution in [0.2, 0.25) is 0 Å². The van der Waals surface area contributed by atoms with Gasteiger partial charge >= 0.3 is 0 Å². The van der Waals surface area contributed by atoms with Crippen LogP contribution < -0.4 is 0 Å². The summed E-state index contributed by atoms with van der Waals surface area (Å²) >= 11 is 1.66. The summed E-state index contributed by atoms with van der Waals surface area (Å²) in [6, 6.07) is 2.05. The summed E-state index contributed by atoms with van der Waals surface area (Å²) in [4.78, 5) is 14.1. The molecule has 1 saturated heterocycles. The van der Waals surface area contributed by atoms with Crippen molar-refractivity contribution in [3.8, 4) is 0 Å². The van der Waals surface area contributed by atoms with E-state index in [0.717, 1.165) is 31.5 Å². The lowest BCUT2D eigenvalue weighted by Crippen LogP contribution is -2.37. The SMILES string of the molecule is O=C(Cc1ccsc1)N1CCC(=C2CC2)CC1. The summed E-state index contributed by atoms with van der Waals surface area (Å²) in [5, 5.41) is 4.11. The van der Waals surface area contributed by atoms with Crippen LogP contribution in [-0.4, -0.2) is 23.9 Å². The number of likely N-dealkylation sites (tertiary alicyclic amines) is 1. The van der Waals surface area contributed by atoms with E-state index in [1.807, 2.05) is 16.3 Å². The fourth-order valence-corrected chi connectivity index (χ4v) is 3.14. The van der Waals surface area contributed by atoms with Gasteiger partial charge in [-0.15, -0.1) is 0 Å². The normalized spacial score (nSPS) is 19.6. The Bertz CT molecular complexity index is 431. The van der Waals surface area contributed by atoms with Crippen molar-refractivity contribution in [2.75, 3.05) is 13.1 Å². The summed E-state index contributed by atoms with van der Waals surface area (Å²) in [5.74, 6) is 0.295. The Kier molecular flexibility index (Phi) is 3.02. The number of nitrogens with zero attached hydrogens (tertiary/aromatic N) is 1. The molecule has 0 bridgehead atoms. The first kappa shape index (κ1) is 11.0. The van der Waals surface area contributed by atoms with Crippen LogP contribution in [0.5, 0.6) is 0 Å². The predicted molar refractivity (Wildman–Crippen MR) is 70.1 cm³/mol. The van der Waals surface area contributed by atoms with Crippen LogP contribution in [0.3, 0.4) is 0 Å². The van der Waals surface area contributed by atoms with Crippen molar-refractivity contribution in [1.29, 1.82) is 0 Å². The Balaban J connectivity index is 1.55. The van der Waals surface area contributed by atoms with Gasteiger partial charge in [0.05, 0.1) is 6.42 Å². The Labute approximate surface area is 106 Å². The summed E-state index contributed by atoms with van der Waals surface area (Å²) in [6.45, 7) is 1.86. The highest BCUT2D eigenvalue weighted by Gasteiger charge is 2.24. The van der Waals surface area contributed by atoms with E-state index in [4.69, 9.17) is 0 Å². The molecule has 0 N–H and O–H groups in total. The van der Waals surface area contributed by atoms with Crippen LogP contribution in [0, 0.1) is 0 Å². The third-order valence-corrected chi connectivity index (χ3v) is 4.39. The molecule has 1 aromatic heterocycles. The van der Waals surface area contributed by atoms with Gasteiger partial charge in [-0.3, -0.25) is 4.79 Å². The van der Waals surface area contributed by atoms with Crippen molar-refractivity contribution >= 4 is 17.2 Å². The molecular formula is C14H17NOS. The fraction of sp³-hybridized carbons (Fsp3) is 0.500. The van der Waals surface area contributed by atoms with Gasteiger partial charge in [0.2, 0.25) is 5.91 Å². The minimum atomic E-state index is 0.295. The second kappa shape index (κ2) is 4.65. The zero-order valence-corrected chi connectivity index (χ0v) is 10.8. The predicted octanol–water partition coefficient (Wildman–Crippen LogP) is 3.00. The molecule has 1 saturated carbocycles. The Morgan fingerprint density at radius 2 is 1.88 bits per heavy atom. The van der Waals surface area contributed by atoms with Gasteiger partial charge in [-0.05, 0) is 48.1 Å². The molecule has 0 radical (unpaired) electrons. The number of carbonyl (C=O) groups excluding carboxylic acids is 1. The highest BCUT2D eigenvalue weighted by atomic mass is 32.1. The number of amides is 1. The van der Waals surface area contributed by atoms with Crippen molar-refractivity contribution < 1.29 is 4.79 Å². The van der Waals surface area contributed by atoms with Crippen LogP contribution >= 0.6 is 11.3 Å². The smallest absolute Gasteiger partial charge is 0.227 e.